The molecule has 1 fully saturated rings. The maximum Gasteiger partial charge on any atom is 0.417 e. The Bertz CT molecular complexity index is 1020. The van der Waals surface area contributed by atoms with E-state index in [4.69, 9.17) is 4.74 Å². The molecule has 8 nitrogen and oxygen atoms in total. The van der Waals surface area contributed by atoms with Crippen LogP contribution in [-0.4, -0.2) is 45.7 Å². The fourth-order valence-corrected chi connectivity index (χ4v) is 3.11. The van der Waals surface area contributed by atoms with Gasteiger partial charge in [-0.05, 0) is 29.8 Å². The Hall–Kier alpha value is -3.94. The number of nitrogens with one attached hydrogen (secondary N) is 1. The van der Waals surface area contributed by atoms with Crippen molar-refractivity contribution in [2.45, 2.75) is 6.04 Å². The molecule has 0 spiro atoms. The highest BCUT2D eigenvalue weighted by molar-refractivity contribution is 5.98. The predicted octanol–water partition coefficient (Wildman–Crippen LogP) is 2.32. The van der Waals surface area contributed by atoms with Crippen molar-refractivity contribution < 1.29 is 19.1 Å². The minimum atomic E-state index is -0.703. The molecule has 1 aromatic heterocycles. The molecule has 4 rings (SSSR count). The Morgan fingerprint density at radius 2 is 1.93 bits per heavy atom. The molecule has 0 radical (unpaired) electrons. The lowest BCUT2D eigenvalue weighted by molar-refractivity contribution is -0.126. The summed E-state index contributed by atoms with van der Waals surface area (Å²) >= 11 is 0. The second kappa shape index (κ2) is 7.97. The maximum absolute atomic E-state index is 12.9. The van der Waals surface area contributed by atoms with Crippen LogP contribution in [0.4, 0.5) is 4.79 Å². The highest BCUT2D eigenvalue weighted by Gasteiger charge is 2.33. The van der Waals surface area contributed by atoms with Crippen LogP contribution in [0.5, 0.6) is 0 Å². The zero-order chi connectivity index (χ0) is 20.2. The predicted molar refractivity (Wildman–Crippen MR) is 103 cm³/mol. The number of aromatic nitrogens is 2. The van der Waals surface area contributed by atoms with E-state index in [2.05, 4.69) is 10.4 Å². The molecular formula is C21H18N4O4. The normalized spacial score (nSPS) is 14.6. The molecule has 0 unspecified atom stereocenters. The smallest absolute Gasteiger partial charge is 0.417 e. The number of hydrogen-bond acceptors (Lipinski definition) is 5. The van der Waals surface area contributed by atoms with Crippen molar-refractivity contribution in [1.82, 2.24) is 20.0 Å². The second-order valence-corrected chi connectivity index (χ2v) is 6.50. The van der Waals surface area contributed by atoms with Gasteiger partial charge in [0.1, 0.15) is 0 Å². The molecule has 2 heterocycles. The van der Waals surface area contributed by atoms with Gasteiger partial charge in [-0.25, -0.2) is 14.4 Å². The quantitative estimate of drug-likeness (QED) is 0.697. The summed E-state index contributed by atoms with van der Waals surface area (Å²) in [5, 5.41) is 7.09. The Balaban J connectivity index is 1.57. The van der Waals surface area contributed by atoms with Gasteiger partial charge in [-0.1, -0.05) is 36.4 Å². The molecule has 0 aliphatic carbocycles. The molecule has 1 aliphatic heterocycles. The van der Waals surface area contributed by atoms with Crippen molar-refractivity contribution in [3.63, 3.8) is 0 Å². The van der Waals surface area contributed by atoms with E-state index in [1.807, 2.05) is 36.4 Å². The van der Waals surface area contributed by atoms with E-state index in [-0.39, 0.29) is 19.1 Å². The first kappa shape index (κ1) is 18.4. The molecule has 29 heavy (non-hydrogen) atoms. The van der Waals surface area contributed by atoms with E-state index in [1.54, 1.807) is 41.3 Å². The number of imide groups is 1. The first-order chi connectivity index (χ1) is 14.1. The highest BCUT2D eigenvalue weighted by atomic mass is 16.6. The van der Waals surface area contributed by atoms with Crippen molar-refractivity contribution in [1.29, 1.82) is 0 Å². The number of hydrogen-bond donors (Lipinski definition) is 1. The van der Waals surface area contributed by atoms with Crippen LogP contribution in [-0.2, 0) is 9.53 Å². The summed E-state index contributed by atoms with van der Waals surface area (Å²) in [5.74, 6) is -0.751. The van der Waals surface area contributed by atoms with Gasteiger partial charge in [0.2, 0.25) is 0 Å². The lowest BCUT2D eigenvalue weighted by Gasteiger charge is -2.23. The van der Waals surface area contributed by atoms with E-state index in [1.165, 1.54) is 0 Å². The van der Waals surface area contributed by atoms with Crippen LogP contribution >= 0.6 is 0 Å². The Morgan fingerprint density at radius 1 is 1.10 bits per heavy atom. The van der Waals surface area contributed by atoms with Crippen molar-refractivity contribution in [3.05, 3.63) is 84.2 Å². The number of amides is 3. The summed E-state index contributed by atoms with van der Waals surface area (Å²) in [6.07, 6.45) is 2.74. The standard InChI is InChI=1S/C21H18N4O4/c26-19-14-29-21(28)24(19)13-18(15-6-2-1-3-7-15)23-20(27)16-8-4-9-17(12-16)25-11-5-10-22-25/h1-12,18H,13-14H2,(H,23,27)/t18-/m1/s1. The van der Waals surface area contributed by atoms with Crippen molar-refractivity contribution in [3.8, 4) is 5.69 Å². The largest absolute Gasteiger partial charge is 0.439 e. The number of carbonyl (C=O) groups excluding carboxylic acids is 3. The maximum atomic E-state index is 12.9. The fourth-order valence-electron chi connectivity index (χ4n) is 3.11. The molecule has 1 atom stereocenters. The van der Waals surface area contributed by atoms with Crippen molar-refractivity contribution >= 4 is 17.9 Å². The molecule has 3 aromatic rings. The topological polar surface area (TPSA) is 93.5 Å². The minimum Gasteiger partial charge on any atom is -0.439 e. The van der Waals surface area contributed by atoms with Crippen LogP contribution in [0.3, 0.4) is 0 Å². The lowest BCUT2D eigenvalue weighted by atomic mass is 10.1. The lowest BCUT2D eigenvalue weighted by Crippen LogP contribution is -2.40. The van der Waals surface area contributed by atoms with E-state index in [9.17, 15) is 14.4 Å². The number of nitrogens with zero attached hydrogens (tertiary/aromatic N) is 3. The Labute approximate surface area is 166 Å². The average molecular weight is 390 g/mol. The van der Waals surface area contributed by atoms with Gasteiger partial charge < -0.3 is 10.1 Å². The van der Waals surface area contributed by atoms with Gasteiger partial charge in [0.15, 0.2) is 6.61 Å². The first-order valence-electron chi connectivity index (χ1n) is 9.05. The monoisotopic (exact) mass is 390 g/mol. The van der Waals surface area contributed by atoms with E-state index >= 15 is 0 Å². The summed E-state index contributed by atoms with van der Waals surface area (Å²) in [5.41, 5.74) is 1.96. The molecule has 1 aliphatic rings. The van der Waals surface area contributed by atoms with Crippen molar-refractivity contribution in [2.24, 2.45) is 0 Å². The molecule has 2 aromatic carbocycles. The number of ether oxygens (including phenoxy) is 1. The van der Waals surface area contributed by atoms with Gasteiger partial charge in [0.25, 0.3) is 11.8 Å². The molecular weight excluding hydrogens is 372 g/mol. The SMILES string of the molecule is O=C(N[C@H](CN1C(=O)COC1=O)c1ccccc1)c1cccc(-n2cccn2)c1. The summed E-state index contributed by atoms with van der Waals surface area (Å²) in [7, 11) is 0. The minimum absolute atomic E-state index is 0.00767. The van der Waals surface area contributed by atoms with Gasteiger partial charge >= 0.3 is 6.09 Å². The number of benzene rings is 2. The van der Waals surface area contributed by atoms with E-state index < -0.39 is 18.0 Å². The van der Waals surface area contributed by atoms with Gasteiger partial charge in [-0.3, -0.25) is 9.59 Å². The summed E-state index contributed by atoms with van der Waals surface area (Å²) < 4.78 is 6.43. The number of rotatable bonds is 6. The number of carbonyl (C=O) groups is 3. The van der Waals surface area contributed by atoms with Gasteiger partial charge in [0, 0.05) is 18.0 Å². The van der Waals surface area contributed by atoms with Crippen molar-refractivity contribution in [2.75, 3.05) is 13.2 Å². The Kier molecular flexibility index (Phi) is 5.07. The van der Waals surface area contributed by atoms with Crippen LogP contribution in [0, 0.1) is 0 Å². The molecule has 0 saturated carbocycles. The molecule has 1 N–H and O–H groups in total. The van der Waals surface area contributed by atoms with Crippen LogP contribution in [0.2, 0.25) is 0 Å². The summed E-state index contributed by atoms with van der Waals surface area (Å²) in [6, 6.07) is 17.4. The fraction of sp³-hybridized carbons (Fsp3) is 0.143. The Morgan fingerprint density at radius 3 is 2.62 bits per heavy atom. The highest BCUT2D eigenvalue weighted by Crippen LogP contribution is 2.19. The first-order valence-corrected chi connectivity index (χ1v) is 9.05. The van der Waals surface area contributed by atoms with E-state index in [0.29, 0.717) is 5.56 Å². The van der Waals surface area contributed by atoms with Crippen LogP contribution in [0.15, 0.2) is 73.1 Å². The molecule has 8 heteroatoms. The second-order valence-electron chi connectivity index (χ2n) is 6.50. The van der Waals surface area contributed by atoms with Crippen LogP contribution in [0.1, 0.15) is 22.0 Å². The third-order valence-corrected chi connectivity index (χ3v) is 4.59. The third kappa shape index (κ3) is 4.01. The molecule has 0 bridgehead atoms. The third-order valence-electron chi connectivity index (χ3n) is 4.59. The molecule has 1 saturated heterocycles. The van der Waals surface area contributed by atoms with Gasteiger partial charge in [0.05, 0.1) is 18.3 Å². The number of cyclic esters (lactones) is 1. The van der Waals surface area contributed by atoms with Crippen LogP contribution < -0.4 is 5.32 Å². The van der Waals surface area contributed by atoms with E-state index in [0.717, 1.165) is 16.2 Å². The summed E-state index contributed by atoms with van der Waals surface area (Å²) in [6.45, 7) is -0.285. The van der Waals surface area contributed by atoms with Gasteiger partial charge in [-0.2, -0.15) is 5.10 Å². The molecule has 146 valence electrons. The zero-order valence-corrected chi connectivity index (χ0v) is 15.4. The van der Waals surface area contributed by atoms with Crippen LogP contribution in [0.25, 0.3) is 5.69 Å². The zero-order valence-electron chi connectivity index (χ0n) is 15.4. The molecule has 3 amide bonds. The average Bonchev–Trinajstić information content (AvgIpc) is 3.40. The van der Waals surface area contributed by atoms with Gasteiger partial charge in [-0.15, -0.1) is 0 Å². The summed E-state index contributed by atoms with van der Waals surface area (Å²) in [4.78, 5) is 37.7.